The third-order valence-corrected chi connectivity index (χ3v) is 2.43. The van der Waals surface area contributed by atoms with Gasteiger partial charge in [0.1, 0.15) is 0 Å². The smallest absolute Gasteiger partial charge is 0.415 e. The summed E-state index contributed by atoms with van der Waals surface area (Å²) in [6.45, 7) is 4.08. The molecule has 1 rings (SSSR count). The maximum atomic E-state index is 11.7. The molecule has 0 fully saturated rings. The molecule has 1 aromatic carbocycles. The van der Waals surface area contributed by atoms with Crippen molar-refractivity contribution in [2.75, 3.05) is 18.1 Å². The van der Waals surface area contributed by atoms with Crippen molar-refractivity contribution in [1.29, 1.82) is 0 Å². The Labute approximate surface area is 106 Å². The fraction of sp³-hybridized carbons (Fsp3) is 0.308. The highest BCUT2D eigenvalue weighted by Crippen LogP contribution is 2.27. The number of carbonyl (C=O) groups is 1. The molecular weight excluding hydrogens is 238 g/mol. The number of halogens is 1. The fourth-order valence-corrected chi connectivity index (χ4v) is 1.71. The summed E-state index contributed by atoms with van der Waals surface area (Å²) < 4.78 is 4.93. The molecule has 0 aliphatic heterocycles. The van der Waals surface area contributed by atoms with Gasteiger partial charge in [0.25, 0.3) is 0 Å². The molecular formula is C13H14ClNO2. The predicted octanol–water partition coefficient (Wildman–Crippen LogP) is 3.24. The second kappa shape index (κ2) is 6.17. The van der Waals surface area contributed by atoms with Crippen LogP contribution in [0.5, 0.6) is 0 Å². The topological polar surface area (TPSA) is 29.5 Å². The van der Waals surface area contributed by atoms with E-state index < -0.39 is 6.09 Å². The van der Waals surface area contributed by atoms with Gasteiger partial charge in [0.15, 0.2) is 0 Å². The van der Waals surface area contributed by atoms with Crippen LogP contribution in [0.15, 0.2) is 18.2 Å². The van der Waals surface area contributed by atoms with E-state index in [1.165, 1.54) is 4.90 Å². The Bertz CT molecular complexity index is 451. The number of carbonyl (C=O) groups excluding carboxylic acids is 1. The van der Waals surface area contributed by atoms with E-state index in [0.717, 1.165) is 5.56 Å². The van der Waals surface area contributed by atoms with Crippen LogP contribution in [0, 0.1) is 19.3 Å². The second-order valence-corrected chi connectivity index (χ2v) is 3.85. The monoisotopic (exact) mass is 251 g/mol. The van der Waals surface area contributed by atoms with Gasteiger partial charge in [-0.15, -0.1) is 6.42 Å². The first-order chi connectivity index (χ1) is 8.10. The third kappa shape index (κ3) is 3.40. The normalized spacial score (nSPS) is 9.53. The Kier molecular flexibility index (Phi) is 4.86. The minimum atomic E-state index is -0.490. The van der Waals surface area contributed by atoms with Crippen molar-refractivity contribution in [1.82, 2.24) is 0 Å². The van der Waals surface area contributed by atoms with Gasteiger partial charge in [-0.05, 0) is 31.5 Å². The molecule has 4 heteroatoms. The lowest BCUT2D eigenvalue weighted by atomic mass is 10.2. The molecule has 90 valence electrons. The van der Waals surface area contributed by atoms with Gasteiger partial charge in [-0.2, -0.15) is 0 Å². The first-order valence-electron chi connectivity index (χ1n) is 5.24. The second-order valence-electron chi connectivity index (χ2n) is 3.44. The Hall–Kier alpha value is -1.66. The van der Waals surface area contributed by atoms with Crippen molar-refractivity contribution in [3.63, 3.8) is 0 Å². The number of hydrogen-bond acceptors (Lipinski definition) is 2. The van der Waals surface area contributed by atoms with Crippen LogP contribution in [-0.4, -0.2) is 19.2 Å². The highest BCUT2D eigenvalue weighted by atomic mass is 35.5. The van der Waals surface area contributed by atoms with Crippen LogP contribution < -0.4 is 4.90 Å². The van der Waals surface area contributed by atoms with Gasteiger partial charge in [0, 0.05) is 0 Å². The van der Waals surface area contributed by atoms with Crippen LogP contribution >= 0.6 is 11.6 Å². The number of aryl methyl sites for hydroxylation is 1. The molecule has 0 N–H and O–H groups in total. The molecule has 0 spiro atoms. The van der Waals surface area contributed by atoms with Crippen molar-refractivity contribution in [2.24, 2.45) is 0 Å². The lowest BCUT2D eigenvalue weighted by Crippen LogP contribution is -2.32. The molecule has 0 heterocycles. The molecule has 0 atom stereocenters. The summed E-state index contributed by atoms with van der Waals surface area (Å²) in [7, 11) is 0. The maximum absolute atomic E-state index is 11.7. The summed E-state index contributed by atoms with van der Waals surface area (Å²) in [5, 5.41) is 0.480. The average molecular weight is 252 g/mol. The highest BCUT2D eigenvalue weighted by Gasteiger charge is 2.18. The molecule has 0 bridgehead atoms. The first kappa shape index (κ1) is 13.4. The average Bonchev–Trinajstić information content (AvgIpc) is 2.27. The van der Waals surface area contributed by atoms with Gasteiger partial charge in [-0.3, -0.25) is 4.90 Å². The molecule has 1 amide bonds. The van der Waals surface area contributed by atoms with E-state index in [0.29, 0.717) is 17.3 Å². The Morgan fingerprint density at radius 2 is 2.29 bits per heavy atom. The molecule has 0 saturated heterocycles. The molecule has 0 unspecified atom stereocenters. The molecule has 0 aliphatic carbocycles. The predicted molar refractivity (Wildman–Crippen MR) is 69.4 cm³/mol. The zero-order valence-electron chi connectivity index (χ0n) is 9.87. The van der Waals surface area contributed by atoms with Crippen LogP contribution in [0.3, 0.4) is 0 Å². The zero-order chi connectivity index (χ0) is 12.8. The van der Waals surface area contributed by atoms with E-state index in [9.17, 15) is 4.79 Å². The van der Waals surface area contributed by atoms with Gasteiger partial charge >= 0.3 is 6.09 Å². The number of rotatable bonds is 3. The summed E-state index contributed by atoms with van der Waals surface area (Å²) in [5.74, 6) is 2.41. The van der Waals surface area contributed by atoms with Crippen LogP contribution in [0.2, 0.25) is 5.02 Å². The van der Waals surface area contributed by atoms with E-state index in [2.05, 4.69) is 5.92 Å². The quantitative estimate of drug-likeness (QED) is 0.772. The highest BCUT2D eigenvalue weighted by molar-refractivity contribution is 6.33. The van der Waals surface area contributed by atoms with E-state index in [1.807, 2.05) is 13.0 Å². The van der Waals surface area contributed by atoms with E-state index in [1.54, 1.807) is 19.1 Å². The van der Waals surface area contributed by atoms with Gasteiger partial charge in [-0.1, -0.05) is 23.6 Å². The Balaban J connectivity index is 3.05. The van der Waals surface area contributed by atoms with Crippen LogP contribution in [0.25, 0.3) is 0 Å². The van der Waals surface area contributed by atoms with Crippen molar-refractivity contribution < 1.29 is 9.53 Å². The Morgan fingerprint density at radius 3 is 2.82 bits per heavy atom. The SMILES string of the molecule is C#CCN(C(=O)OCC)c1ccc(C)cc1Cl. The van der Waals surface area contributed by atoms with E-state index >= 15 is 0 Å². The fourth-order valence-electron chi connectivity index (χ4n) is 1.37. The number of terminal acetylenes is 1. The van der Waals surface area contributed by atoms with Gasteiger partial charge in [0.2, 0.25) is 0 Å². The van der Waals surface area contributed by atoms with E-state index in [4.69, 9.17) is 22.8 Å². The summed E-state index contributed by atoms with van der Waals surface area (Å²) in [5.41, 5.74) is 1.58. The molecule has 0 aliphatic rings. The zero-order valence-corrected chi connectivity index (χ0v) is 10.6. The van der Waals surface area contributed by atoms with Crippen LogP contribution in [0.4, 0.5) is 10.5 Å². The van der Waals surface area contributed by atoms with Crippen molar-refractivity contribution in [3.8, 4) is 12.3 Å². The van der Waals surface area contributed by atoms with Gasteiger partial charge in [-0.25, -0.2) is 4.79 Å². The number of ether oxygens (including phenoxy) is 1. The summed E-state index contributed by atoms with van der Waals surface area (Å²) >= 11 is 6.09. The van der Waals surface area contributed by atoms with Crippen LogP contribution in [-0.2, 0) is 4.74 Å². The standard InChI is InChI=1S/C13H14ClNO2/c1-4-8-15(13(16)17-5-2)12-7-6-10(3)9-11(12)14/h1,6-7,9H,5,8H2,2-3H3. The lowest BCUT2D eigenvalue weighted by Gasteiger charge is -2.20. The first-order valence-corrected chi connectivity index (χ1v) is 5.61. The number of amides is 1. The van der Waals surface area contributed by atoms with Gasteiger partial charge in [0.05, 0.1) is 23.9 Å². The molecule has 0 radical (unpaired) electrons. The maximum Gasteiger partial charge on any atom is 0.415 e. The Morgan fingerprint density at radius 1 is 1.59 bits per heavy atom. The molecule has 0 aromatic heterocycles. The van der Waals surface area contributed by atoms with Crippen molar-refractivity contribution >= 4 is 23.4 Å². The number of hydrogen-bond donors (Lipinski definition) is 0. The number of anilines is 1. The largest absolute Gasteiger partial charge is 0.449 e. The van der Waals surface area contributed by atoms with E-state index in [-0.39, 0.29) is 6.54 Å². The summed E-state index contributed by atoms with van der Waals surface area (Å²) in [6, 6.07) is 5.40. The molecule has 17 heavy (non-hydrogen) atoms. The minimum Gasteiger partial charge on any atom is -0.449 e. The van der Waals surface area contributed by atoms with Crippen LogP contribution in [0.1, 0.15) is 12.5 Å². The van der Waals surface area contributed by atoms with Crippen molar-refractivity contribution in [3.05, 3.63) is 28.8 Å². The molecule has 1 aromatic rings. The third-order valence-electron chi connectivity index (χ3n) is 2.13. The summed E-state index contributed by atoms with van der Waals surface area (Å²) in [4.78, 5) is 13.1. The molecule has 3 nitrogen and oxygen atoms in total. The van der Waals surface area contributed by atoms with Gasteiger partial charge < -0.3 is 4.74 Å². The summed E-state index contributed by atoms with van der Waals surface area (Å²) in [6.07, 6.45) is 4.75. The minimum absolute atomic E-state index is 0.127. The number of nitrogens with zero attached hydrogens (tertiary/aromatic N) is 1. The molecule has 0 saturated carbocycles. The number of benzene rings is 1. The van der Waals surface area contributed by atoms with Crippen molar-refractivity contribution in [2.45, 2.75) is 13.8 Å². The lowest BCUT2D eigenvalue weighted by molar-refractivity contribution is 0.160.